The molecule has 30 heavy (non-hydrogen) atoms. The molecule has 9 nitrogen and oxygen atoms in total. The molecule has 2 aliphatic rings. The van der Waals surface area contributed by atoms with Crippen LogP contribution in [0.25, 0.3) is 0 Å². The van der Waals surface area contributed by atoms with Crippen molar-refractivity contribution in [3.05, 3.63) is 35.5 Å². The number of amides is 1. The molecule has 0 atom stereocenters. The molecule has 1 aliphatic carbocycles. The van der Waals surface area contributed by atoms with Crippen molar-refractivity contribution in [3.8, 4) is 0 Å². The third kappa shape index (κ3) is 4.44. The Morgan fingerprint density at radius 1 is 1.23 bits per heavy atom. The summed E-state index contributed by atoms with van der Waals surface area (Å²) in [6.07, 6.45) is 3.03. The molecule has 0 spiro atoms. The number of nitrogens with zero attached hydrogens (tertiary/aromatic N) is 1. The van der Waals surface area contributed by atoms with Crippen LogP contribution in [0.15, 0.2) is 29.2 Å². The molecule has 1 amide bonds. The maximum Gasteiger partial charge on any atom is 0.407 e. The number of aromatic nitrogens is 2. The third-order valence-corrected chi connectivity index (χ3v) is 7.00. The molecule has 0 bridgehead atoms. The molecule has 4 rings (SSSR count). The Kier molecular flexibility index (Phi) is 5.70. The van der Waals surface area contributed by atoms with E-state index < -0.39 is 10.0 Å². The van der Waals surface area contributed by atoms with E-state index in [2.05, 4.69) is 25.6 Å². The lowest BCUT2D eigenvalue weighted by Gasteiger charge is -2.27. The summed E-state index contributed by atoms with van der Waals surface area (Å²) in [5, 5.41) is 13.4. The van der Waals surface area contributed by atoms with Crippen molar-refractivity contribution in [3.63, 3.8) is 0 Å². The van der Waals surface area contributed by atoms with E-state index in [-0.39, 0.29) is 24.8 Å². The van der Waals surface area contributed by atoms with Gasteiger partial charge in [-0.05, 0) is 51.7 Å². The van der Waals surface area contributed by atoms with Gasteiger partial charge in [-0.2, -0.15) is 5.10 Å². The SMILES string of the molecule is CC(C)NC(=O)OC1CCC(c2cc(Nc3cccc4c3CNS4(=O)=O)n[nH]2)CC1. The lowest BCUT2D eigenvalue weighted by atomic mass is 9.85. The monoisotopic (exact) mass is 433 g/mol. The molecule has 1 fully saturated rings. The van der Waals surface area contributed by atoms with Crippen LogP contribution in [0.5, 0.6) is 0 Å². The lowest BCUT2D eigenvalue weighted by molar-refractivity contribution is 0.0697. The standard InChI is InChI=1S/C20H27N5O4S/c1-12(2)22-20(26)29-14-8-6-13(7-9-14)17-10-19(25-24-17)23-16-4-3-5-18-15(16)11-21-30(18,27)28/h3-5,10,12-14,21H,6-9,11H2,1-2H3,(H,22,26)(H2,23,24,25). The van der Waals surface area contributed by atoms with Crippen LogP contribution in [0.1, 0.15) is 56.7 Å². The summed E-state index contributed by atoms with van der Waals surface area (Å²) in [5.41, 5.74) is 2.48. The highest BCUT2D eigenvalue weighted by molar-refractivity contribution is 7.89. The number of rotatable bonds is 5. The number of H-pyrrole nitrogens is 1. The molecular formula is C20H27N5O4S. The quantitative estimate of drug-likeness (QED) is 0.574. The van der Waals surface area contributed by atoms with E-state index in [0.29, 0.717) is 16.6 Å². The average molecular weight is 434 g/mol. The van der Waals surface area contributed by atoms with Gasteiger partial charge in [-0.15, -0.1) is 0 Å². The van der Waals surface area contributed by atoms with Gasteiger partial charge in [0, 0.05) is 41.5 Å². The van der Waals surface area contributed by atoms with Gasteiger partial charge < -0.3 is 15.4 Å². The first kappa shape index (κ1) is 20.7. The Labute approximate surface area is 176 Å². The Morgan fingerprint density at radius 2 is 2.00 bits per heavy atom. The highest BCUT2D eigenvalue weighted by Crippen LogP contribution is 2.35. The van der Waals surface area contributed by atoms with Gasteiger partial charge in [0.1, 0.15) is 6.10 Å². The second-order valence-electron chi connectivity index (χ2n) is 8.12. The molecule has 0 unspecified atom stereocenters. The van der Waals surface area contributed by atoms with E-state index in [1.54, 1.807) is 12.1 Å². The third-order valence-electron chi connectivity index (χ3n) is 5.52. The van der Waals surface area contributed by atoms with E-state index >= 15 is 0 Å². The average Bonchev–Trinajstić information content (AvgIpc) is 3.27. The Hall–Kier alpha value is -2.59. The van der Waals surface area contributed by atoms with Crippen LogP contribution in [0.2, 0.25) is 0 Å². The smallest absolute Gasteiger partial charge is 0.407 e. The number of carbonyl (C=O) groups excluding carboxylic acids is 1. The first-order valence-corrected chi connectivity index (χ1v) is 11.7. The van der Waals surface area contributed by atoms with E-state index in [0.717, 1.165) is 42.6 Å². The van der Waals surface area contributed by atoms with E-state index in [4.69, 9.17) is 4.74 Å². The summed E-state index contributed by atoms with van der Waals surface area (Å²) < 4.78 is 32.1. The summed E-state index contributed by atoms with van der Waals surface area (Å²) in [7, 11) is -3.41. The van der Waals surface area contributed by atoms with E-state index in [1.807, 2.05) is 26.0 Å². The van der Waals surface area contributed by atoms with E-state index in [1.165, 1.54) is 0 Å². The minimum atomic E-state index is -3.41. The molecule has 0 saturated heterocycles. The molecule has 162 valence electrons. The summed E-state index contributed by atoms with van der Waals surface area (Å²) in [5.74, 6) is 0.974. The van der Waals surface area contributed by atoms with Crippen LogP contribution in [-0.2, 0) is 21.3 Å². The van der Waals surface area contributed by atoms with Gasteiger partial charge in [0.25, 0.3) is 0 Å². The van der Waals surface area contributed by atoms with Crippen LogP contribution < -0.4 is 15.4 Å². The van der Waals surface area contributed by atoms with Crippen LogP contribution in [0, 0.1) is 0 Å². The molecule has 1 aliphatic heterocycles. The van der Waals surface area contributed by atoms with Crippen LogP contribution in [0.3, 0.4) is 0 Å². The molecular weight excluding hydrogens is 406 g/mol. The van der Waals surface area contributed by atoms with Gasteiger partial charge in [0.15, 0.2) is 5.82 Å². The van der Waals surface area contributed by atoms with Gasteiger partial charge in [0.2, 0.25) is 10.0 Å². The maximum atomic E-state index is 12.0. The molecule has 4 N–H and O–H groups in total. The van der Waals surface area contributed by atoms with Gasteiger partial charge in [0.05, 0.1) is 4.90 Å². The number of anilines is 2. The Bertz CT molecular complexity index is 1030. The molecule has 10 heteroatoms. The van der Waals surface area contributed by atoms with Crippen molar-refractivity contribution in [2.45, 2.75) is 69.0 Å². The summed E-state index contributed by atoms with van der Waals surface area (Å²) >= 11 is 0. The molecule has 2 aromatic rings. The van der Waals surface area contributed by atoms with Crippen molar-refractivity contribution in [1.82, 2.24) is 20.2 Å². The maximum absolute atomic E-state index is 12.0. The predicted molar refractivity (Wildman–Crippen MR) is 112 cm³/mol. The lowest BCUT2D eigenvalue weighted by Crippen LogP contribution is -2.34. The number of sulfonamides is 1. The number of benzene rings is 1. The predicted octanol–water partition coefficient (Wildman–Crippen LogP) is 3.11. The second-order valence-corrected chi connectivity index (χ2v) is 9.85. The van der Waals surface area contributed by atoms with Gasteiger partial charge in [-0.25, -0.2) is 17.9 Å². The molecule has 1 aromatic heterocycles. The number of fused-ring (bicyclic) bond motifs is 1. The fourth-order valence-electron chi connectivity index (χ4n) is 4.02. The van der Waals surface area contributed by atoms with E-state index in [9.17, 15) is 13.2 Å². The minimum Gasteiger partial charge on any atom is -0.446 e. The minimum absolute atomic E-state index is 0.0538. The largest absolute Gasteiger partial charge is 0.446 e. The summed E-state index contributed by atoms with van der Waals surface area (Å²) in [4.78, 5) is 12.1. The van der Waals surface area contributed by atoms with Crippen LogP contribution in [-0.4, -0.2) is 36.9 Å². The number of hydrogen-bond acceptors (Lipinski definition) is 6. The van der Waals surface area contributed by atoms with Gasteiger partial charge in [-0.1, -0.05) is 6.07 Å². The highest BCUT2D eigenvalue weighted by atomic mass is 32.2. The summed E-state index contributed by atoms with van der Waals surface area (Å²) in [6, 6.07) is 7.20. The zero-order valence-electron chi connectivity index (χ0n) is 17.1. The first-order valence-electron chi connectivity index (χ1n) is 10.2. The fourth-order valence-corrected chi connectivity index (χ4v) is 5.28. The number of hydrogen-bond donors (Lipinski definition) is 4. The fraction of sp³-hybridized carbons (Fsp3) is 0.500. The van der Waals surface area contributed by atoms with Crippen molar-refractivity contribution in [2.75, 3.05) is 5.32 Å². The van der Waals surface area contributed by atoms with Crippen molar-refractivity contribution in [1.29, 1.82) is 0 Å². The number of carbonyl (C=O) groups is 1. The molecule has 2 heterocycles. The molecule has 1 saturated carbocycles. The van der Waals surface area contributed by atoms with Gasteiger partial charge >= 0.3 is 6.09 Å². The number of aromatic amines is 1. The van der Waals surface area contributed by atoms with Gasteiger partial charge in [-0.3, -0.25) is 5.10 Å². The number of ether oxygens (including phenoxy) is 1. The number of nitrogens with one attached hydrogen (secondary N) is 4. The Morgan fingerprint density at radius 3 is 2.73 bits per heavy atom. The molecule has 0 radical (unpaired) electrons. The van der Waals surface area contributed by atoms with Crippen molar-refractivity contribution >= 4 is 27.6 Å². The zero-order chi connectivity index (χ0) is 21.3. The van der Waals surface area contributed by atoms with Crippen molar-refractivity contribution < 1.29 is 17.9 Å². The topological polar surface area (TPSA) is 125 Å². The highest BCUT2D eigenvalue weighted by Gasteiger charge is 2.28. The first-order chi connectivity index (χ1) is 14.3. The van der Waals surface area contributed by atoms with Crippen LogP contribution in [0.4, 0.5) is 16.3 Å². The summed E-state index contributed by atoms with van der Waals surface area (Å²) in [6.45, 7) is 4.08. The zero-order valence-corrected chi connectivity index (χ0v) is 17.9. The van der Waals surface area contributed by atoms with Crippen LogP contribution >= 0.6 is 0 Å². The number of alkyl carbamates (subject to hydrolysis) is 1. The molecule has 1 aromatic carbocycles. The normalized spacial score (nSPS) is 22.5. The Balaban J connectivity index is 1.36. The second kappa shape index (κ2) is 8.27. The van der Waals surface area contributed by atoms with Crippen molar-refractivity contribution in [2.24, 2.45) is 0 Å².